The SMILES string of the molecule is CC/C=C\C/C=C\C/C=C\C/C=C\CCCCCCCCCCCOCC(COP(=O)([O-])OCC[N+](C)(C)C)OC(=O)CCCCC/C=C\C/C=C\C/C=C\CC. The van der Waals surface area contributed by atoms with Crippen LogP contribution in [0.15, 0.2) is 85.1 Å². The Morgan fingerprint density at radius 1 is 0.544 bits per heavy atom. The van der Waals surface area contributed by atoms with Crippen molar-refractivity contribution in [2.45, 2.75) is 161 Å². The molecule has 2 unspecified atom stereocenters. The Bertz CT molecular complexity index is 1180. The molecule has 0 spiro atoms. The topological polar surface area (TPSA) is 94.1 Å². The molecule has 0 N–H and O–H groups in total. The zero-order chi connectivity index (χ0) is 42.0. The highest BCUT2D eigenvalue weighted by molar-refractivity contribution is 7.45. The van der Waals surface area contributed by atoms with Crippen molar-refractivity contribution in [2.75, 3.05) is 54.1 Å². The molecule has 0 aliphatic rings. The van der Waals surface area contributed by atoms with Crippen LogP contribution >= 0.6 is 7.82 Å². The molecular weight excluding hydrogens is 734 g/mol. The number of hydrogen-bond acceptors (Lipinski definition) is 7. The number of unbranched alkanes of at least 4 members (excludes halogenated alkanes) is 12. The van der Waals surface area contributed by atoms with Crippen molar-refractivity contribution >= 4 is 13.8 Å². The predicted octanol–water partition coefficient (Wildman–Crippen LogP) is 12.6. The van der Waals surface area contributed by atoms with E-state index in [1.165, 1.54) is 51.4 Å². The van der Waals surface area contributed by atoms with Crippen LogP contribution in [0.2, 0.25) is 0 Å². The number of allylic oxidation sites excluding steroid dienone is 14. The van der Waals surface area contributed by atoms with E-state index in [1.807, 2.05) is 21.1 Å². The maximum atomic E-state index is 12.6. The molecule has 8 nitrogen and oxygen atoms in total. The highest BCUT2D eigenvalue weighted by atomic mass is 31.2. The summed E-state index contributed by atoms with van der Waals surface area (Å²) in [5.41, 5.74) is 0. The van der Waals surface area contributed by atoms with Gasteiger partial charge in [-0.25, -0.2) is 0 Å². The number of carbonyl (C=O) groups is 1. The third kappa shape index (κ3) is 44.6. The lowest BCUT2D eigenvalue weighted by Gasteiger charge is -2.28. The summed E-state index contributed by atoms with van der Waals surface area (Å²) < 4.78 is 34.5. The summed E-state index contributed by atoms with van der Waals surface area (Å²) in [6, 6.07) is 0. The van der Waals surface area contributed by atoms with Crippen LogP contribution < -0.4 is 4.89 Å². The maximum Gasteiger partial charge on any atom is 0.306 e. The normalized spacial score (nSPS) is 14.6. The fourth-order valence-corrected chi connectivity index (χ4v) is 6.28. The second-order valence-electron chi connectivity index (χ2n) is 15.6. The van der Waals surface area contributed by atoms with Gasteiger partial charge in [-0.15, -0.1) is 0 Å². The number of likely N-dealkylation sites (N-methyl/N-ethyl adjacent to an activating group) is 1. The Kier molecular flexibility index (Phi) is 38.8. The summed E-state index contributed by atoms with van der Waals surface area (Å²) in [5.74, 6) is -0.369. The van der Waals surface area contributed by atoms with Gasteiger partial charge in [0.1, 0.15) is 19.3 Å². The molecule has 0 aromatic heterocycles. The molecule has 0 heterocycles. The summed E-state index contributed by atoms with van der Waals surface area (Å²) in [7, 11) is 1.32. The van der Waals surface area contributed by atoms with Crippen molar-refractivity contribution in [1.29, 1.82) is 0 Å². The Morgan fingerprint density at radius 3 is 1.44 bits per heavy atom. The van der Waals surface area contributed by atoms with Gasteiger partial charge in [0.25, 0.3) is 7.82 Å². The first kappa shape index (κ1) is 54.7. The molecule has 0 saturated carbocycles. The smallest absolute Gasteiger partial charge is 0.306 e. The van der Waals surface area contributed by atoms with Gasteiger partial charge in [-0.05, 0) is 83.5 Å². The van der Waals surface area contributed by atoms with Gasteiger partial charge in [-0.2, -0.15) is 0 Å². The van der Waals surface area contributed by atoms with E-state index in [0.29, 0.717) is 24.1 Å². The lowest BCUT2D eigenvalue weighted by atomic mass is 10.1. The average molecular weight is 818 g/mol. The third-order valence-electron chi connectivity index (χ3n) is 8.94. The number of carbonyl (C=O) groups excluding carboxylic acids is 1. The number of ether oxygens (including phenoxy) is 2. The summed E-state index contributed by atoms with van der Waals surface area (Å²) in [6.07, 6.45) is 53.2. The van der Waals surface area contributed by atoms with Crippen LogP contribution in [-0.4, -0.2) is 70.7 Å². The molecule has 9 heteroatoms. The van der Waals surface area contributed by atoms with Crippen LogP contribution in [0.5, 0.6) is 0 Å². The number of rotatable bonds is 40. The van der Waals surface area contributed by atoms with Crippen LogP contribution in [0, 0.1) is 0 Å². The second kappa shape index (κ2) is 40.5. The first-order chi connectivity index (χ1) is 27.6. The van der Waals surface area contributed by atoms with E-state index in [2.05, 4.69) is 98.9 Å². The van der Waals surface area contributed by atoms with Crippen LogP contribution in [0.3, 0.4) is 0 Å². The largest absolute Gasteiger partial charge is 0.756 e. The van der Waals surface area contributed by atoms with Crippen molar-refractivity contribution in [3.05, 3.63) is 85.1 Å². The average Bonchev–Trinajstić information content (AvgIpc) is 3.16. The van der Waals surface area contributed by atoms with Crippen molar-refractivity contribution < 1.29 is 37.3 Å². The van der Waals surface area contributed by atoms with Gasteiger partial charge in [0, 0.05) is 13.0 Å². The van der Waals surface area contributed by atoms with Crippen LogP contribution in [0.25, 0.3) is 0 Å². The minimum absolute atomic E-state index is 0.0143. The molecule has 328 valence electrons. The number of esters is 1. The highest BCUT2D eigenvalue weighted by Gasteiger charge is 2.20. The molecule has 0 rings (SSSR count). The van der Waals surface area contributed by atoms with E-state index in [1.54, 1.807) is 0 Å². The molecule has 0 bridgehead atoms. The monoisotopic (exact) mass is 818 g/mol. The third-order valence-corrected chi connectivity index (χ3v) is 9.91. The molecular formula is C48H84NO7P. The minimum atomic E-state index is -4.54. The van der Waals surface area contributed by atoms with Crippen molar-refractivity contribution in [1.82, 2.24) is 0 Å². The number of phosphoric acid groups is 1. The fraction of sp³-hybridized carbons (Fsp3) is 0.688. The Balaban J connectivity index is 4.23. The van der Waals surface area contributed by atoms with Gasteiger partial charge < -0.3 is 27.9 Å². The molecule has 2 atom stereocenters. The second-order valence-corrected chi connectivity index (χ2v) is 17.1. The first-order valence-electron chi connectivity index (χ1n) is 22.3. The van der Waals surface area contributed by atoms with Gasteiger partial charge >= 0.3 is 5.97 Å². The lowest BCUT2D eigenvalue weighted by Crippen LogP contribution is -2.37. The van der Waals surface area contributed by atoms with Gasteiger partial charge in [-0.3, -0.25) is 9.36 Å². The summed E-state index contributed by atoms with van der Waals surface area (Å²) >= 11 is 0. The van der Waals surface area contributed by atoms with Gasteiger partial charge in [-0.1, -0.05) is 150 Å². The van der Waals surface area contributed by atoms with Crippen LogP contribution in [0.4, 0.5) is 0 Å². The quantitative estimate of drug-likeness (QED) is 0.0200. The molecule has 0 aliphatic carbocycles. The summed E-state index contributed by atoms with van der Waals surface area (Å²) in [4.78, 5) is 25.0. The molecule has 0 amide bonds. The summed E-state index contributed by atoms with van der Waals surface area (Å²) in [6.45, 7) is 5.10. The zero-order valence-electron chi connectivity index (χ0n) is 37.0. The Labute approximate surface area is 350 Å². The van der Waals surface area contributed by atoms with E-state index in [4.69, 9.17) is 18.5 Å². The first-order valence-corrected chi connectivity index (χ1v) is 23.8. The van der Waals surface area contributed by atoms with Crippen molar-refractivity contribution in [3.8, 4) is 0 Å². The molecule has 0 aromatic rings. The molecule has 0 fully saturated rings. The van der Waals surface area contributed by atoms with Crippen LogP contribution in [0.1, 0.15) is 155 Å². The zero-order valence-corrected chi connectivity index (χ0v) is 37.9. The highest BCUT2D eigenvalue weighted by Crippen LogP contribution is 2.38. The van der Waals surface area contributed by atoms with E-state index in [0.717, 1.165) is 77.0 Å². The van der Waals surface area contributed by atoms with Crippen LogP contribution in [-0.2, 0) is 27.9 Å². The molecule has 57 heavy (non-hydrogen) atoms. The van der Waals surface area contributed by atoms with E-state index < -0.39 is 13.9 Å². The van der Waals surface area contributed by atoms with Gasteiger partial charge in [0.15, 0.2) is 0 Å². The molecule has 0 saturated heterocycles. The van der Waals surface area contributed by atoms with Crippen molar-refractivity contribution in [3.63, 3.8) is 0 Å². The van der Waals surface area contributed by atoms with Crippen molar-refractivity contribution in [2.24, 2.45) is 0 Å². The number of hydrogen-bond donors (Lipinski definition) is 0. The van der Waals surface area contributed by atoms with E-state index in [9.17, 15) is 14.3 Å². The standard InChI is InChI=1S/C48H84NO7P/c1-6-8-10-12-14-16-18-20-21-22-23-24-25-26-27-28-30-32-34-36-38-40-43-53-45-47(46-55-57(51,52)54-44-42-49(3,4)5)56-48(50)41-39-37-35-33-31-29-19-17-15-13-11-9-7-2/h8-11,14-17,20-21,23-24,29,31,47H,6-7,12-13,18-19,22,25-28,30,32-46H2,1-5H3/b10-8-,11-9-,16-14-,17-15-,21-20-,24-23-,31-29-. The number of quaternary nitrogens is 1. The minimum Gasteiger partial charge on any atom is -0.756 e. The maximum absolute atomic E-state index is 12.6. The van der Waals surface area contributed by atoms with Gasteiger partial charge in [0.05, 0.1) is 34.4 Å². The number of phosphoric ester groups is 1. The number of nitrogens with zero attached hydrogens (tertiary/aromatic N) is 1. The summed E-state index contributed by atoms with van der Waals surface area (Å²) in [5, 5.41) is 0. The lowest BCUT2D eigenvalue weighted by molar-refractivity contribution is -0.870. The molecule has 0 aliphatic heterocycles. The fourth-order valence-electron chi connectivity index (χ4n) is 5.55. The van der Waals surface area contributed by atoms with Gasteiger partial charge in [0.2, 0.25) is 0 Å². The predicted molar refractivity (Wildman–Crippen MR) is 240 cm³/mol. The molecule has 0 radical (unpaired) electrons. The molecule has 0 aromatic carbocycles. The van der Waals surface area contributed by atoms with E-state index >= 15 is 0 Å². The van der Waals surface area contributed by atoms with E-state index in [-0.39, 0.29) is 32.2 Å². The Morgan fingerprint density at radius 2 is 0.965 bits per heavy atom. The Hall–Kier alpha value is -2.32.